The Kier molecular flexibility index (Phi) is 21.7. The number of hydrogen-bond donors (Lipinski definition) is 0. The maximum Gasteiger partial charge on any atom is 0.243 e. The Morgan fingerprint density at radius 3 is 0.947 bits per heavy atom. The highest BCUT2D eigenvalue weighted by molar-refractivity contribution is 8.05. The summed E-state index contributed by atoms with van der Waals surface area (Å²) >= 11 is 5.85. The number of nitrogens with zero attached hydrogens (tertiary/aromatic N) is 5. The highest BCUT2D eigenvalue weighted by Crippen LogP contribution is 2.53. The first-order valence-corrected chi connectivity index (χ1v) is 42.7. The number of piperidine rings is 4. The molecule has 114 heavy (non-hydrogen) atoms. The fourth-order valence-electron chi connectivity index (χ4n) is 16.9. The summed E-state index contributed by atoms with van der Waals surface area (Å²) in [7, 11) is 0. The Hall–Kier alpha value is -9.42. The molecular weight excluding hydrogens is 1530 g/mol. The average molecular weight is 1610 g/mol. The van der Waals surface area contributed by atoms with Crippen LogP contribution in [0.4, 0.5) is 13.2 Å². The van der Waals surface area contributed by atoms with E-state index in [1.54, 1.807) is 48.5 Å². The van der Waals surface area contributed by atoms with Gasteiger partial charge in [0.25, 0.3) is 0 Å². The van der Waals surface area contributed by atoms with Gasteiger partial charge in [-0.05, 0) is 60.2 Å². The van der Waals surface area contributed by atoms with E-state index in [4.69, 9.17) is 24.2 Å². The number of thioether (sulfide) groups is 4. The van der Waals surface area contributed by atoms with Crippen LogP contribution in [-0.2, 0) is 57.8 Å². The van der Waals surface area contributed by atoms with Gasteiger partial charge in [-0.2, -0.15) is 5.26 Å². The molecular formula is C90H80F3N5O12S4. The molecule has 0 radical (unpaired) electrons. The monoisotopic (exact) mass is 1610 g/mol. The predicted octanol–water partition coefficient (Wildman–Crippen LogP) is 15.2. The van der Waals surface area contributed by atoms with Crippen molar-refractivity contribution in [2.75, 3.05) is 81.9 Å². The van der Waals surface area contributed by atoms with Crippen LogP contribution in [0, 0.1) is 34.7 Å². The van der Waals surface area contributed by atoms with Crippen LogP contribution in [0.15, 0.2) is 183 Å². The first-order chi connectivity index (χ1) is 55.2. The molecule has 13 aliphatic rings. The van der Waals surface area contributed by atoms with Gasteiger partial charge in [0.15, 0.2) is 0 Å². The third kappa shape index (κ3) is 15.6. The second kappa shape index (κ2) is 32.0. The van der Waals surface area contributed by atoms with E-state index in [0.29, 0.717) is 118 Å². The standard InChI is InChI=1S/C24H20N2O3S.C23H19F2NO3S.C23H20FNO3S.C20H21NO3S/c25-13-16-5-7-17(8-6-16)14-26-11-9-24(10-12-26)15-30-23-21(28)20(27)18-3-1-2-4-19(18)22(23)29-24;24-15-6-5-14(18(25)11-15)12-26-9-7-23(8-10-26)13-30-22-20(28)19(27)16-3-1-2-4-17(16)21(22)29-23;24-16-7-5-15(6-8-16)13-25-11-9-23(10-12-25)14-29-22-20(27)19(26)17-3-1-2-4-18(17)21(22)28-23;22-16-14-3-1-2-4-15(14)18-19(17(16)23)25-12-20(24-18)7-9-21(10-8-20)11-13-5-6-13/h1-8H,9-12,14-15H2;1-6,11H,7-10,12-13H2;1-8H,9-14H2;1-4,13H,5-12H2. The van der Waals surface area contributed by atoms with E-state index in [1.807, 2.05) is 84.9 Å². The molecule has 8 heterocycles. The first-order valence-electron chi connectivity index (χ1n) is 38.8. The number of fused-ring (bicyclic) bond motifs is 8. The van der Waals surface area contributed by atoms with Crippen molar-refractivity contribution in [3.8, 4) is 6.07 Å². The molecule has 0 N–H and O–H groups in total. The summed E-state index contributed by atoms with van der Waals surface area (Å²) in [6, 6.07) is 49.0. The zero-order valence-electron chi connectivity index (χ0n) is 62.5. The summed E-state index contributed by atoms with van der Waals surface area (Å²) in [5.74, 6) is 1.11. The van der Waals surface area contributed by atoms with Crippen LogP contribution < -0.4 is 0 Å². The molecule has 4 spiro atoms. The second-order valence-corrected chi connectivity index (χ2v) is 35.4. The van der Waals surface area contributed by atoms with Crippen LogP contribution in [0.2, 0.25) is 0 Å². The molecule has 8 aliphatic heterocycles. The van der Waals surface area contributed by atoms with Crippen LogP contribution in [0.1, 0.15) is 150 Å². The van der Waals surface area contributed by atoms with Gasteiger partial charge >= 0.3 is 0 Å². The molecule has 20 rings (SSSR count). The van der Waals surface area contributed by atoms with Gasteiger partial charge in [-0.15, -0.1) is 47.0 Å². The van der Waals surface area contributed by atoms with Crippen LogP contribution >= 0.6 is 47.0 Å². The van der Waals surface area contributed by atoms with Gasteiger partial charge < -0.3 is 23.8 Å². The van der Waals surface area contributed by atoms with Crippen molar-refractivity contribution >= 4 is 116 Å². The van der Waals surface area contributed by atoms with Gasteiger partial charge in [0.2, 0.25) is 46.3 Å². The molecule has 24 heteroatoms. The molecule has 0 unspecified atom stereocenters. The number of benzene rings is 7. The Morgan fingerprint density at radius 2 is 0.640 bits per heavy atom. The van der Waals surface area contributed by atoms with E-state index < -0.39 is 63.5 Å². The molecule has 0 amide bonds. The minimum atomic E-state index is -0.577. The summed E-state index contributed by atoms with van der Waals surface area (Å²) in [6.45, 7) is 10.4. The van der Waals surface area contributed by atoms with E-state index in [0.717, 1.165) is 144 Å². The lowest BCUT2D eigenvalue weighted by Gasteiger charge is -2.45. The third-order valence-corrected chi connectivity index (χ3v) is 29.2. The van der Waals surface area contributed by atoms with Crippen LogP contribution in [0.25, 0.3) is 23.0 Å². The maximum absolute atomic E-state index is 14.0. The number of carbonyl (C=O) groups excluding carboxylic acids is 8. The van der Waals surface area contributed by atoms with E-state index >= 15 is 0 Å². The number of allylic oxidation sites excluding steroid dienone is 4. The number of halogens is 3. The number of hydrogen-bond acceptors (Lipinski definition) is 21. The lowest BCUT2D eigenvalue weighted by atomic mass is 9.90. The Balaban J connectivity index is 0.000000110. The van der Waals surface area contributed by atoms with E-state index in [-0.39, 0.29) is 22.6 Å². The Bertz CT molecular complexity index is 5310. The topological polar surface area (TPSA) is 210 Å². The fraction of sp³-hybridized carbons (Fsp3) is 0.344. The molecule has 5 aliphatic carbocycles. The largest absolute Gasteiger partial charge is 0.484 e. The van der Waals surface area contributed by atoms with Crippen molar-refractivity contribution in [2.24, 2.45) is 5.92 Å². The van der Waals surface area contributed by atoms with Crippen LogP contribution in [0.3, 0.4) is 0 Å². The summed E-state index contributed by atoms with van der Waals surface area (Å²) < 4.78 is 66.2. The van der Waals surface area contributed by atoms with Crippen molar-refractivity contribution in [1.29, 1.82) is 5.26 Å². The fourth-order valence-corrected chi connectivity index (χ4v) is 21.9. The smallest absolute Gasteiger partial charge is 0.243 e. The van der Waals surface area contributed by atoms with Crippen molar-refractivity contribution < 1.29 is 70.5 Å². The third-order valence-electron chi connectivity index (χ3n) is 23.8. The lowest BCUT2D eigenvalue weighted by Crippen LogP contribution is -2.49. The highest BCUT2D eigenvalue weighted by Gasteiger charge is 2.51. The summed E-state index contributed by atoms with van der Waals surface area (Å²) in [6.07, 6.45) is 9.66. The van der Waals surface area contributed by atoms with Gasteiger partial charge in [-0.3, -0.25) is 53.1 Å². The zero-order chi connectivity index (χ0) is 78.6. The van der Waals surface area contributed by atoms with Gasteiger partial charge in [0.1, 0.15) is 82.5 Å². The minimum absolute atomic E-state index is 0.197. The summed E-state index contributed by atoms with van der Waals surface area (Å²) in [4.78, 5) is 111. The van der Waals surface area contributed by atoms with Crippen molar-refractivity contribution in [3.63, 3.8) is 0 Å². The number of ether oxygens (including phenoxy) is 4. The van der Waals surface area contributed by atoms with Gasteiger partial charge in [-0.25, -0.2) is 13.2 Å². The maximum atomic E-state index is 14.0. The number of nitriles is 1. The predicted molar refractivity (Wildman–Crippen MR) is 432 cm³/mol. The number of ketones is 8. The SMILES string of the molecule is N#Cc1ccc(CN2CCC3(CC2)CSC2=C(O3)c3ccccc3C(=O)C2=O)cc1.O=C1C(=O)c2ccccc2C2=C1SCC1(CCN(CC3CC3)CC1)O2.O=C1C(=O)c2ccccc2C2=C1SCC1(CCN(Cc3ccc(F)cc3)CC1)O2.O=C1C(=O)c2ccccc2C2=C1SCC1(CCN(Cc3ccc(F)cc3F)CC1)O2. The summed E-state index contributed by atoms with van der Waals surface area (Å²) in [5.41, 5.74) is 6.87. The second-order valence-electron chi connectivity index (χ2n) is 31.5. The molecule has 582 valence electrons. The quantitative estimate of drug-likeness (QED) is 0.129. The number of likely N-dealkylation sites (tertiary alicyclic amines) is 4. The molecule has 17 nitrogen and oxygen atoms in total. The zero-order valence-corrected chi connectivity index (χ0v) is 65.7. The Labute approximate surface area is 675 Å². The average Bonchev–Trinajstić information content (AvgIpc) is 1.04. The summed E-state index contributed by atoms with van der Waals surface area (Å²) in [5, 5.41) is 8.95. The number of Topliss-reactive ketones (excluding diaryl/α,β-unsaturated/α-hetero) is 8. The van der Waals surface area contributed by atoms with Crippen LogP contribution in [0.5, 0.6) is 0 Å². The van der Waals surface area contributed by atoms with E-state index in [1.165, 1.54) is 96.3 Å². The van der Waals surface area contributed by atoms with Gasteiger partial charge in [0, 0.05) is 209 Å². The van der Waals surface area contributed by atoms with Gasteiger partial charge in [-0.1, -0.05) is 127 Å². The molecule has 0 bridgehead atoms. The molecule has 4 saturated heterocycles. The highest BCUT2D eigenvalue weighted by atomic mass is 32.2. The van der Waals surface area contributed by atoms with E-state index in [9.17, 15) is 51.5 Å². The Morgan fingerprint density at radius 1 is 0.351 bits per heavy atom. The molecule has 7 aromatic rings. The lowest BCUT2D eigenvalue weighted by molar-refractivity contribution is -0.112. The minimum Gasteiger partial charge on any atom is -0.484 e. The van der Waals surface area contributed by atoms with Crippen molar-refractivity contribution in [1.82, 2.24) is 19.6 Å². The molecule has 0 aromatic heterocycles. The molecule has 1 saturated carbocycles. The molecule has 7 aromatic carbocycles. The molecule has 0 atom stereocenters. The van der Waals surface area contributed by atoms with Crippen molar-refractivity contribution in [2.45, 2.75) is 106 Å². The normalized spacial score (nSPS) is 21.8. The molecule has 5 fully saturated rings. The number of carbonyl (C=O) groups is 8. The number of rotatable bonds is 8. The van der Waals surface area contributed by atoms with Crippen molar-refractivity contribution in [3.05, 3.63) is 268 Å². The van der Waals surface area contributed by atoms with Gasteiger partial charge in [0.05, 0.1) is 11.6 Å². The first kappa shape index (κ1) is 77.2. The van der Waals surface area contributed by atoms with Crippen LogP contribution in [-0.4, -0.2) is 170 Å². The van der Waals surface area contributed by atoms with E-state index in [2.05, 4.69) is 25.7 Å².